The van der Waals surface area contributed by atoms with Gasteiger partial charge in [0.2, 0.25) is 0 Å². The molecule has 0 unspecified atom stereocenters. The van der Waals surface area contributed by atoms with Crippen LogP contribution >= 0.6 is 0 Å². The molecule has 0 atom stereocenters. The first-order chi connectivity index (χ1) is 18.7. The minimum atomic E-state index is 0.175. The van der Waals surface area contributed by atoms with Crippen LogP contribution in [-0.4, -0.2) is 12.4 Å². The van der Waals surface area contributed by atoms with E-state index in [9.17, 15) is 4.79 Å². The molecule has 3 heteroatoms. The van der Waals surface area contributed by atoms with Crippen molar-refractivity contribution in [3.8, 4) is 5.75 Å². The quantitative estimate of drug-likeness (QED) is 0.0800. The number of carbonyl (C=O) groups excluding carboxylic acids is 1. The average molecular weight is 521 g/mol. The van der Waals surface area contributed by atoms with Crippen LogP contribution in [0.15, 0.2) is 48.5 Å². The Balaban J connectivity index is 1.27. The van der Waals surface area contributed by atoms with Gasteiger partial charge >= 0.3 is 0 Å². The first-order valence-electron chi connectivity index (χ1n) is 15.7. The summed E-state index contributed by atoms with van der Waals surface area (Å²) in [5, 5.41) is 0. The Morgan fingerprint density at radius 2 is 1.21 bits per heavy atom. The van der Waals surface area contributed by atoms with Crippen LogP contribution in [0.5, 0.6) is 5.75 Å². The van der Waals surface area contributed by atoms with Crippen molar-refractivity contribution >= 4 is 5.78 Å². The Bertz CT molecular complexity index is 878. The molecule has 1 saturated carbocycles. The van der Waals surface area contributed by atoms with E-state index in [1.165, 1.54) is 75.3 Å². The molecule has 2 aromatic carbocycles. The summed E-state index contributed by atoms with van der Waals surface area (Å²) >= 11 is 0. The van der Waals surface area contributed by atoms with Gasteiger partial charge in [-0.15, -0.1) is 0 Å². The number of unbranched alkanes of at least 4 members (excludes halogenated alkanes) is 8. The molecule has 0 aliphatic heterocycles. The van der Waals surface area contributed by atoms with Crippen molar-refractivity contribution in [2.75, 3.05) is 6.61 Å². The van der Waals surface area contributed by atoms with E-state index >= 15 is 0 Å². The minimum Gasteiger partial charge on any atom is -0.338 e. The highest BCUT2D eigenvalue weighted by Gasteiger charge is 2.27. The summed E-state index contributed by atoms with van der Waals surface area (Å²) < 4.78 is 0. The number of carbonyl (C=O) groups is 1. The summed E-state index contributed by atoms with van der Waals surface area (Å²) in [4.78, 5) is 24.1. The van der Waals surface area contributed by atoms with Gasteiger partial charge < -0.3 is 4.89 Å². The summed E-state index contributed by atoms with van der Waals surface area (Å²) in [7, 11) is 0. The first-order valence-corrected chi connectivity index (χ1v) is 15.7. The van der Waals surface area contributed by atoms with E-state index in [1.807, 2.05) is 12.1 Å². The molecule has 0 aromatic heterocycles. The van der Waals surface area contributed by atoms with Crippen LogP contribution in [0.4, 0.5) is 0 Å². The van der Waals surface area contributed by atoms with E-state index < -0.39 is 0 Å². The van der Waals surface area contributed by atoms with Gasteiger partial charge in [0.15, 0.2) is 11.5 Å². The van der Waals surface area contributed by atoms with Gasteiger partial charge in [0, 0.05) is 11.5 Å². The summed E-state index contributed by atoms with van der Waals surface area (Å²) in [6.07, 6.45) is 20.5. The molecule has 210 valence electrons. The van der Waals surface area contributed by atoms with Gasteiger partial charge in [-0.3, -0.25) is 4.79 Å². The molecule has 1 fully saturated rings. The molecule has 0 spiro atoms. The Labute approximate surface area is 232 Å². The fourth-order valence-electron chi connectivity index (χ4n) is 5.69. The monoisotopic (exact) mass is 520 g/mol. The highest BCUT2D eigenvalue weighted by Crippen LogP contribution is 2.33. The Kier molecular flexibility index (Phi) is 14.6. The molecule has 38 heavy (non-hydrogen) atoms. The highest BCUT2D eigenvalue weighted by atomic mass is 17.2. The second-order valence-electron chi connectivity index (χ2n) is 11.4. The maximum Gasteiger partial charge on any atom is 0.165 e. The summed E-state index contributed by atoms with van der Waals surface area (Å²) in [6, 6.07) is 16.8. The van der Waals surface area contributed by atoms with Crippen LogP contribution in [0.25, 0.3) is 0 Å². The third-order valence-electron chi connectivity index (χ3n) is 8.28. The van der Waals surface area contributed by atoms with Crippen LogP contribution in [0, 0.1) is 11.8 Å². The zero-order chi connectivity index (χ0) is 26.8. The van der Waals surface area contributed by atoms with Gasteiger partial charge in [0.1, 0.15) is 0 Å². The van der Waals surface area contributed by atoms with Crippen molar-refractivity contribution in [1.29, 1.82) is 0 Å². The third kappa shape index (κ3) is 11.3. The SMILES string of the molecule is CCCCCCCc1ccc(OOCCC2CCC(C(=O)c3ccc(CCCCCCC)cc3)CC2)cc1. The van der Waals surface area contributed by atoms with Crippen LogP contribution in [0.2, 0.25) is 0 Å². The maximum absolute atomic E-state index is 13.0. The number of hydrogen-bond donors (Lipinski definition) is 0. The number of Topliss-reactive ketones (excluding diaryl/α,β-unsaturated/α-hetero) is 1. The molecular formula is C35H52O3. The molecule has 3 rings (SSSR count). The largest absolute Gasteiger partial charge is 0.338 e. The van der Waals surface area contributed by atoms with Gasteiger partial charge in [0.25, 0.3) is 0 Å². The molecule has 0 amide bonds. The molecular weight excluding hydrogens is 468 g/mol. The van der Waals surface area contributed by atoms with E-state index in [2.05, 4.69) is 50.2 Å². The lowest BCUT2D eigenvalue weighted by atomic mass is 9.77. The topological polar surface area (TPSA) is 35.5 Å². The maximum atomic E-state index is 13.0. The highest BCUT2D eigenvalue weighted by molar-refractivity contribution is 5.97. The molecule has 0 radical (unpaired) electrons. The van der Waals surface area contributed by atoms with Crippen LogP contribution < -0.4 is 4.89 Å². The van der Waals surface area contributed by atoms with E-state index in [4.69, 9.17) is 9.78 Å². The smallest absolute Gasteiger partial charge is 0.165 e. The Hall–Kier alpha value is -2.13. The lowest BCUT2D eigenvalue weighted by molar-refractivity contribution is -0.209. The predicted octanol–water partition coefficient (Wildman–Crippen LogP) is 10.1. The van der Waals surface area contributed by atoms with E-state index in [1.54, 1.807) is 0 Å². The number of aryl methyl sites for hydroxylation is 2. The van der Waals surface area contributed by atoms with Gasteiger partial charge in [0.05, 0.1) is 6.61 Å². The fourth-order valence-corrected chi connectivity index (χ4v) is 5.69. The molecule has 0 heterocycles. The van der Waals surface area contributed by atoms with E-state index in [0.717, 1.165) is 56.3 Å². The molecule has 3 nitrogen and oxygen atoms in total. The number of ketones is 1. The van der Waals surface area contributed by atoms with Gasteiger partial charge in [-0.05, 0) is 87.0 Å². The van der Waals surface area contributed by atoms with Gasteiger partial charge in [-0.25, -0.2) is 0 Å². The lowest BCUT2D eigenvalue weighted by Crippen LogP contribution is -2.23. The van der Waals surface area contributed by atoms with Crippen molar-refractivity contribution < 1.29 is 14.6 Å². The van der Waals surface area contributed by atoms with E-state index in [-0.39, 0.29) is 5.92 Å². The normalized spacial score (nSPS) is 17.4. The number of hydrogen-bond acceptors (Lipinski definition) is 3. The van der Waals surface area contributed by atoms with Gasteiger partial charge in [-0.2, -0.15) is 4.89 Å². The summed E-state index contributed by atoms with van der Waals surface area (Å²) in [5.74, 6) is 1.90. The Morgan fingerprint density at radius 3 is 1.76 bits per heavy atom. The zero-order valence-corrected chi connectivity index (χ0v) is 24.2. The molecule has 0 saturated heterocycles. The molecule has 0 bridgehead atoms. The zero-order valence-electron chi connectivity index (χ0n) is 24.2. The molecule has 2 aromatic rings. The predicted molar refractivity (Wildman–Crippen MR) is 159 cm³/mol. The van der Waals surface area contributed by atoms with Gasteiger partial charge in [-0.1, -0.05) is 102 Å². The summed E-state index contributed by atoms with van der Waals surface area (Å²) in [5.41, 5.74) is 3.62. The molecule has 0 N–H and O–H groups in total. The van der Waals surface area contributed by atoms with Crippen molar-refractivity contribution in [3.05, 3.63) is 65.2 Å². The first kappa shape index (κ1) is 30.4. The summed E-state index contributed by atoms with van der Waals surface area (Å²) in [6.45, 7) is 5.11. The van der Waals surface area contributed by atoms with Crippen molar-refractivity contribution in [2.24, 2.45) is 11.8 Å². The second kappa shape index (κ2) is 18.2. The Morgan fingerprint density at radius 1 is 0.684 bits per heavy atom. The second-order valence-corrected chi connectivity index (χ2v) is 11.4. The lowest BCUT2D eigenvalue weighted by Gasteiger charge is -2.27. The van der Waals surface area contributed by atoms with Crippen LogP contribution in [0.3, 0.4) is 0 Å². The van der Waals surface area contributed by atoms with E-state index in [0.29, 0.717) is 18.3 Å². The van der Waals surface area contributed by atoms with Crippen LogP contribution in [-0.2, 0) is 17.7 Å². The van der Waals surface area contributed by atoms with Crippen molar-refractivity contribution in [2.45, 2.75) is 123 Å². The minimum absolute atomic E-state index is 0.175. The van der Waals surface area contributed by atoms with Crippen molar-refractivity contribution in [3.63, 3.8) is 0 Å². The third-order valence-corrected chi connectivity index (χ3v) is 8.28. The number of rotatable bonds is 19. The van der Waals surface area contributed by atoms with Crippen molar-refractivity contribution in [1.82, 2.24) is 0 Å². The molecule has 1 aliphatic carbocycles. The van der Waals surface area contributed by atoms with Crippen LogP contribution in [0.1, 0.15) is 132 Å². The molecule has 1 aliphatic rings. The number of benzene rings is 2. The standard InChI is InChI=1S/C35H52O3/c1-3-5-7-9-11-13-29-15-21-32(22-16-29)35(36)33-23-17-31(18-24-33)27-28-37-38-34-25-19-30(20-26-34)14-12-10-8-6-4-2/h15-16,19-22,25-26,31,33H,3-14,17-18,23-24,27-28H2,1-2H3. The average Bonchev–Trinajstić information content (AvgIpc) is 2.96. The fraction of sp³-hybridized carbons (Fsp3) is 0.629.